The number of nitrogens with zero attached hydrogens (tertiary/aromatic N) is 4. The van der Waals surface area contributed by atoms with Gasteiger partial charge in [0.15, 0.2) is 11.6 Å². The monoisotopic (exact) mass is 452 g/mol. The number of hydrogen-bond acceptors (Lipinski definition) is 6. The summed E-state index contributed by atoms with van der Waals surface area (Å²) in [5.74, 6) is 1.09. The van der Waals surface area contributed by atoms with Crippen molar-refractivity contribution in [1.82, 2.24) is 9.97 Å². The molecule has 0 bridgehead atoms. The molecule has 34 heavy (non-hydrogen) atoms. The van der Waals surface area contributed by atoms with E-state index in [-0.39, 0.29) is 23.2 Å². The van der Waals surface area contributed by atoms with E-state index in [4.69, 9.17) is 14.7 Å². The lowest BCUT2D eigenvalue weighted by Crippen LogP contribution is -2.46. The molecule has 0 spiro atoms. The predicted octanol–water partition coefficient (Wildman–Crippen LogP) is 5.26. The molecule has 0 aliphatic heterocycles. The second-order valence-electron chi connectivity index (χ2n) is 8.94. The van der Waals surface area contributed by atoms with E-state index in [2.05, 4.69) is 24.7 Å². The molecule has 2 aliphatic rings. The Hall–Kier alpha value is -3.85. The van der Waals surface area contributed by atoms with Crippen LogP contribution in [-0.4, -0.2) is 29.6 Å². The summed E-state index contributed by atoms with van der Waals surface area (Å²) in [5.41, 5.74) is 4.25. The fourth-order valence-corrected chi connectivity index (χ4v) is 5.32. The minimum absolute atomic E-state index is 0.0653. The van der Waals surface area contributed by atoms with E-state index in [0.717, 1.165) is 46.7 Å². The quantitative estimate of drug-likeness (QED) is 0.456. The van der Waals surface area contributed by atoms with Gasteiger partial charge in [-0.1, -0.05) is 26.0 Å². The van der Waals surface area contributed by atoms with Gasteiger partial charge in [-0.2, -0.15) is 5.26 Å². The number of methoxy groups -OCH3 is 1. The van der Waals surface area contributed by atoms with Crippen molar-refractivity contribution >= 4 is 18.1 Å². The van der Waals surface area contributed by atoms with Crippen molar-refractivity contribution in [1.29, 1.82) is 5.26 Å². The van der Waals surface area contributed by atoms with E-state index in [1.54, 1.807) is 13.3 Å². The number of ketones is 1. The molecule has 4 rings (SSSR count). The van der Waals surface area contributed by atoms with E-state index in [9.17, 15) is 10.1 Å². The summed E-state index contributed by atoms with van der Waals surface area (Å²) in [7, 11) is 1.64. The number of Topliss-reactive ketones (excluding diaryl/α,β-unsaturated/α-hetero) is 1. The van der Waals surface area contributed by atoms with Gasteiger partial charge in [-0.15, -0.1) is 0 Å². The van der Waals surface area contributed by atoms with Crippen LogP contribution in [0, 0.1) is 23.2 Å². The highest BCUT2D eigenvalue weighted by molar-refractivity contribution is 6.02. The fourth-order valence-electron chi connectivity index (χ4n) is 5.32. The Morgan fingerprint density at radius 3 is 2.68 bits per heavy atom. The molecule has 2 aromatic rings. The van der Waals surface area contributed by atoms with Gasteiger partial charge in [0.2, 0.25) is 0 Å². The molecule has 6 heteroatoms. The number of aromatic nitrogens is 2. The summed E-state index contributed by atoms with van der Waals surface area (Å²) in [6.45, 7) is 9.48. The van der Waals surface area contributed by atoms with Gasteiger partial charge in [-0.05, 0) is 62.7 Å². The van der Waals surface area contributed by atoms with Crippen LogP contribution in [0.1, 0.15) is 44.3 Å². The number of benzene rings is 1. The zero-order valence-corrected chi connectivity index (χ0v) is 20.0. The summed E-state index contributed by atoms with van der Waals surface area (Å²) in [6, 6.07) is 9.96. The van der Waals surface area contributed by atoms with Crippen molar-refractivity contribution < 1.29 is 9.53 Å². The number of allylic oxidation sites excluding steroid dienone is 5. The van der Waals surface area contributed by atoms with Crippen LogP contribution in [0.25, 0.3) is 16.8 Å². The van der Waals surface area contributed by atoms with Gasteiger partial charge >= 0.3 is 0 Å². The first-order chi connectivity index (χ1) is 16.4. The van der Waals surface area contributed by atoms with Crippen molar-refractivity contribution in [2.45, 2.75) is 39.0 Å². The molecule has 0 saturated carbocycles. The number of carbonyl (C=O) groups is 1. The first kappa shape index (κ1) is 23.3. The molecule has 1 heterocycles. The second kappa shape index (κ2) is 9.18. The van der Waals surface area contributed by atoms with Crippen LogP contribution in [0.3, 0.4) is 0 Å². The van der Waals surface area contributed by atoms with Crippen molar-refractivity contribution in [2.24, 2.45) is 16.8 Å². The summed E-state index contributed by atoms with van der Waals surface area (Å²) in [4.78, 5) is 26.7. The lowest BCUT2D eigenvalue weighted by molar-refractivity contribution is -0.121. The Kier molecular flexibility index (Phi) is 6.30. The Balaban J connectivity index is 2.01. The van der Waals surface area contributed by atoms with Gasteiger partial charge in [0.25, 0.3) is 0 Å². The molecule has 1 aromatic carbocycles. The third-order valence-corrected chi connectivity index (χ3v) is 7.13. The second-order valence-corrected chi connectivity index (χ2v) is 8.94. The van der Waals surface area contributed by atoms with Crippen LogP contribution < -0.4 is 4.74 Å². The molecule has 0 fully saturated rings. The molecule has 6 nitrogen and oxygen atoms in total. The van der Waals surface area contributed by atoms with E-state index in [1.807, 2.05) is 56.3 Å². The van der Waals surface area contributed by atoms with Crippen molar-refractivity contribution in [3.05, 3.63) is 71.3 Å². The highest BCUT2D eigenvalue weighted by atomic mass is 16.5. The van der Waals surface area contributed by atoms with Gasteiger partial charge in [0.1, 0.15) is 11.8 Å². The zero-order chi connectivity index (χ0) is 24.5. The summed E-state index contributed by atoms with van der Waals surface area (Å²) in [6.07, 6.45) is 8.81. The maximum atomic E-state index is 12.8. The lowest BCUT2D eigenvalue weighted by atomic mass is 9.57. The highest BCUT2D eigenvalue weighted by Gasteiger charge is 2.49. The highest BCUT2D eigenvalue weighted by Crippen LogP contribution is 2.50. The number of fused-ring (bicyclic) bond motifs is 3. The summed E-state index contributed by atoms with van der Waals surface area (Å²) < 4.78 is 5.34. The molecular weight excluding hydrogens is 424 g/mol. The van der Waals surface area contributed by atoms with E-state index in [0.29, 0.717) is 5.82 Å². The predicted molar refractivity (Wildman–Crippen MR) is 133 cm³/mol. The third kappa shape index (κ3) is 3.77. The zero-order valence-electron chi connectivity index (χ0n) is 20.0. The van der Waals surface area contributed by atoms with Crippen molar-refractivity contribution in [2.75, 3.05) is 7.11 Å². The largest absolute Gasteiger partial charge is 0.497 e. The fraction of sp³-hybridized carbons (Fsp3) is 0.321. The van der Waals surface area contributed by atoms with Crippen LogP contribution in [0.5, 0.6) is 5.75 Å². The molecule has 2 aliphatic carbocycles. The minimum atomic E-state index is -0.551. The van der Waals surface area contributed by atoms with Crippen LogP contribution in [-0.2, 0) is 16.6 Å². The normalized spacial score (nSPS) is 24.1. The molecule has 0 amide bonds. The SMILES string of the molecule is C=N/C=C\C(=C/C)c1nc(-c2ccc(OC)cc2)c2c(n1)[C@]1(C)C=C(C#N)C(=O)[C@H](C)[C@H]1CC2. The Bertz CT molecular complexity index is 1280. The first-order valence-electron chi connectivity index (χ1n) is 11.4. The molecule has 1 aromatic heterocycles. The first-order valence-corrected chi connectivity index (χ1v) is 11.4. The van der Waals surface area contributed by atoms with E-state index in [1.165, 1.54) is 0 Å². The number of hydrogen-bond donors (Lipinski definition) is 0. The van der Waals surface area contributed by atoms with Crippen molar-refractivity contribution in [3.8, 4) is 23.1 Å². The summed E-state index contributed by atoms with van der Waals surface area (Å²) in [5, 5.41) is 9.67. The van der Waals surface area contributed by atoms with Crippen LogP contribution in [0.4, 0.5) is 0 Å². The molecule has 0 saturated heterocycles. The van der Waals surface area contributed by atoms with Gasteiger partial charge in [-0.25, -0.2) is 9.97 Å². The summed E-state index contributed by atoms with van der Waals surface area (Å²) >= 11 is 0. The Labute approximate surface area is 200 Å². The number of carbonyl (C=O) groups excluding carboxylic acids is 1. The molecule has 3 atom stereocenters. The van der Waals surface area contributed by atoms with Gasteiger partial charge in [0.05, 0.1) is 24.1 Å². The number of rotatable bonds is 5. The average molecular weight is 453 g/mol. The van der Waals surface area contributed by atoms with E-state index < -0.39 is 5.41 Å². The third-order valence-electron chi connectivity index (χ3n) is 7.13. The maximum Gasteiger partial charge on any atom is 0.176 e. The molecule has 0 unspecified atom stereocenters. The minimum Gasteiger partial charge on any atom is -0.497 e. The maximum absolute atomic E-state index is 12.8. The van der Waals surface area contributed by atoms with Crippen molar-refractivity contribution in [3.63, 3.8) is 0 Å². The number of nitriles is 1. The van der Waals surface area contributed by atoms with Crippen LogP contribution in [0.2, 0.25) is 0 Å². The smallest absolute Gasteiger partial charge is 0.176 e. The van der Waals surface area contributed by atoms with Crippen LogP contribution in [0.15, 0.2) is 59.3 Å². The Morgan fingerprint density at radius 2 is 2.06 bits per heavy atom. The molecule has 172 valence electrons. The molecular formula is C28H28N4O2. The number of ether oxygens (including phenoxy) is 1. The average Bonchev–Trinajstić information content (AvgIpc) is 2.86. The molecule has 0 N–H and O–H groups in total. The molecule has 0 radical (unpaired) electrons. The van der Waals surface area contributed by atoms with Gasteiger partial charge < -0.3 is 4.74 Å². The topological polar surface area (TPSA) is 88.2 Å². The standard InChI is InChI=1S/C28H28N4O2/c1-6-18(13-14-30-4)27-31-24(19-7-9-21(34-5)10-8-19)22-11-12-23-17(2)25(33)20(16-29)15-28(23,3)26(22)32-27/h6-10,13-15,17,23H,4,11-12H2,1-3,5H3/b14-13-,18-6+/t17-,23-,28-/m1/s1. The van der Waals surface area contributed by atoms with Gasteiger partial charge in [0, 0.05) is 34.2 Å². The van der Waals surface area contributed by atoms with Gasteiger partial charge in [-0.3, -0.25) is 9.79 Å². The number of aliphatic imine (C=N–C) groups is 1. The Morgan fingerprint density at radius 1 is 1.32 bits per heavy atom. The van der Waals surface area contributed by atoms with E-state index >= 15 is 0 Å². The lowest BCUT2D eigenvalue weighted by Gasteiger charge is -2.45. The van der Waals surface area contributed by atoms with Crippen LogP contribution >= 0.6 is 0 Å².